The zero-order valence-corrected chi connectivity index (χ0v) is 14.5. The lowest BCUT2D eigenvalue weighted by Gasteiger charge is -2.30. The molecule has 3 rings (SSSR count). The second-order valence-electron chi connectivity index (χ2n) is 5.68. The topological polar surface area (TPSA) is 49.4 Å². The summed E-state index contributed by atoms with van der Waals surface area (Å²) >= 11 is 1.20. The van der Waals surface area contributed by atoms with Gasteiger partial charge in [0.1, 0.15) is 10.0 Å². The van der Waals surface area contributed by atoms with Crippen molar-refractivity contribution in [1.29, 1.82) is 0 Å². The van der Waals surface area contributed by atoms with E-state index in [1.54, 1.807) is 18.2 Å². The van der Waals surface area contributed by atoms with Gasteiger partial charge in [-0.25, -0.2) is 12.8 Å². The molecule has 2 aromatic rings. The maximum Gasteiger partial charge on any atom is 0.271 e. The van der Waals surface area contributed by atoms with Gasteiger partial charge in [-0.15, -0.1) is 11.3 Å². The Morgan fingerprint density at radius 3 is 2.52 bits per heavy atom. The molecule has 7 heteroatoms. The van der Waals surface area contributed by atoms with Crippen molar-refractivity contribution in [2.24, 2.45) is 0 Å². The first kappa shape index (κ1) is 16.3. The molecule has 23 heavy (non-hydrogen) atoms. The van der Waals surface area contributed by atoms with Crippen LogP contribution in [-0.4, -0.2) is 21.5 Å². The van der Waals surface area contributed by atoms with Crippen molar-refractivity contribution in [3.63, 3.8) is 0 Å². The van der Waals surface area contributed by atoms with Crippen LogP contribution in [0.5, 0.6) is 0 Å². The third-order valence-corrected chi connectivity index (χ3v) is 6.74. The summed E-state index contributed by atoms with van der Waals surface area (Å²) in [6.45, 7) is 3.57. The van der Waals surface area contributed by atoms with Crippen molar-refractivity contribution < 1.29 is 12.8 Å². The van der Waals surface area contributed by atoms with Crippen molar-refractivity contribution >= 4 is 32.7 Å². The fourth-order valence-corrected chi connectivity index (χ4v) is 5.10. The molecule has 0 radical (unpaired) electrons. The van der Waals surface area contributed by atoms with E-state index >= 15 is 0 Å². The molecule has 1 aromatic carbocycles. The number of rotatable bonds is 4. The first-order chi connectivity index (χ1) is 11.0. The fourth-order valence-electron chi connectivity index (χ4n) is 2.75. The van der Waals surface area contributed by atoms with E-state index in [4.69, 9.17) is 0 Å². The van der Waals surface area contributed by atoms with Gasteiger partial charge in [0.05, 0.1) is 11.4 Å². The minimum atomic E-state index is -3.70. The van der Waals surface area contributed by atoms with Crippen LogP contribution in [0, 0.1) is 12.7 Å². The number of hydrogen-bond acceptors (Lipinski definition) is 4. The van der Waals surface area contributed by atoms with E-state index in [-0.39, 0.29) is 4.21 Å². The zero-order valence-electron chi connectivity index (χ0n) is 12.9. The molecule has 0 unspecified atom stereocenters. The van der Waals surface area contributed by atoms with Crippen molar-refractivity contribution in [3.8, 4) is 0 Å². The highest BCUT2D eigenvalue weighted by molar-refractivity contribution is 7.94. The minimum Gasteiger partial charge on any atom is -0.370 e. The second-order valence-corrected chi connectivity index (χ2v) is 8.88. The van der Waals surface area contributed by atoms with Gasteiger partial charge in [-0.2, -0.15) is 0 Å². The van der Waals surface area contributed by atoms with Crippen molar-refractivity contribution in [2.45, 2.75) is 30.4 Å². The van der Waals surface area contributed by atoms with E-state index in [1.165, 1.54) is 29.9 Å². The molecule has 0 atom stereocenters. The summed E-state index contributed by atoms with van der Waals surface area (Å²) in [6.07, 6.45) is 3.30. The maximum absolute atomic E-state index is 13.6. The van der Waals surface area contributed by atoms with Crippen LogP contribution in [0.25, 0.3) is 0 Å². The Bertz CT molecular complexity index is 796. The van der Waals surface area contributed by atoms with Gasteiger partial charge in [-0.3, -0.25) is 4.72 Å². The van der Waals surface area contributed by atoms with Crippen molar-refractivity contribution in [2.75, 3.05) is 22.7 Å². The monoisotopic (exact) mass is 354 g/mol. The molecule has 0 amide bonds. The van der Waals surface area contributed by atoms with Crippen LogP contribution in [0.1, 0.15) is 24.1 Å². The standard InChI is InChI=1S/C16H19FN2O2S2/c1-12-5-8-16(22-12)23(20,21)18-14-11-13(17)6-7-15(14)19-9-3-2-4-10-19/h5-8,11,18H,2-4,9-10H2,1H3. The normalized spacial score (nSPS) is 15.7. The molecule has 0 saturated carbocycles. The maximum atomic E-state index is 13.6. The first-order valence-corrected chi connectivity index (χ1v) is 9.89. The van der Waals surface area contributed by atoms with E-state index < -0.39 is 15.8 Å². The summed E-state index contributed by atoms with van der Waals surface area (Å²) < 4.78 is 41.5. The van der Waals surface area contributed by atoms with Crippen LogP contribution in [0.3, 0.4) is 0 Å². The third-order valence-electron chi connectivity index (χ3n) is 3.88. The highest BCUT2D eigenvalue weighted by Gasteiger charge is 2.21. The molecular formula is C16H19FN2O2S2. The Morgan fingerprint density at radius 2 is 1.87 bits per heavy atom. The highest BCUT2D eigenvalue weighted by Crippen LogP contribution is 2.32. The average molecular weight is 354 g/mol. The number of thiophene rings is 1. The lowest BCUT2D eigenvalue weighted by Crippen LogP contribution is -2.30. The summed E-state index contributed by atoms with van der Waals surface area (Å²) in [4.78, 5) is 3.03. The average Bonchev–Trinajstić information content (AvgIpc) is 2.95. The number of anilines is 2. The molecule has 1 aliphatic heterocycles. The van der Waals surface area contributed by atoms with Gasteiger partial charge in [-0.05, 0) is 50.5 Å². The van der Waals surface area contributed by atoms with Crippen LogP contribution in [0.15, 0.2) is 34.5 Å². The van der Waals surface area contributed by atoms with E-state index in [0.29, 0.717) is 5.69 Å². The van der Waals surface area contributed by atoms with Crippen molar-refractivity contribution in [3.05, 3.63) is 41.0 Å². The largest absolute Gasteiger partial charge is 0.370 e. The van der Waals surface area contributed by atoms with Crippen LogP contribution in [-0.2, 0) is 10.0 Å². The van der Waals surface area contributed by atoms with Crippen LogP contribution in [0.4, 0.5) is 15.8 Å². The number of piperidine rings is 1. The first-order valence-electron chi connectivity index (χ1n) is 7.59. The second kappa shape index (κ2) is 6.49. The summed E-state index contributed by atoms with van der Waals surface area (Å²) in [5.41, 5.74) is 1.04. The number of aryl methyl sites for hydroxylation is 1. The summed E-state index contributed by atoms with van der Waals surface area (Å²) in [5.74, 6) is -0.453. The van der Waals surface area contributed by atoms with Gasteiger partial charge in [0.25, 0.3) is 10.0 Å². The Kier molecular flexibility index (Phi) is 4.59. The predicted octanol–water partition coefficient (Wildman–Crippen LogP) is 3.99. The smallest absolute Gasteiger partial charge is 0.271 e. The number of nitrogens with zero attached hydrogens (tertiary/aromatic N) is 1. The van der Waals surface area contributed by atoms with Gasteiger partial charge in [0, 0.05) is 24.0 Å². The molecule has 0 aliphatic carbocycles. The minimum absolute atomic E-state index is 0.240. The lowest BCUT2D eigenvalue weighted by atomic mass is 10.1. The Balaban J connectivity index is 1.93. The lowest BCUT2D eigenvalue weighted by molar-refractivity contribution is 0.577. The van der Waals surface area contributed by atoms with E-state index in [0.717, 1.165) is 36.5 Å². The van der Waals surface area contributed by atoms with Crippen LogP contribution >= 0.6 is 11.3 Å². The Labute approximate surface area is 140 Å². The number of benzene rings is 1. The molecule has 1 saturated heterocycles. The van der Waals surface area contributed by atoms with Crippen molar-refractivity contribution in [1.82, 2.24) is 0 Å². The summed E-state index contributed by atoms with van der Waals surface area (Å²) in [5, 5.41) is 0. The number of halogens is 1. The molecule has 124 valence electrons. The van der Waals surface area contributed by atoms with Gasteiger partial charge >= 0.3 is 0 Å². The Morgan fingerprint density at radius 1 is 1.13 bits per heavy atom. The molecular weight excluding hydrogens is 335 g/mol. The third kappa shape index (κ3) is 3.67. The van der Waals surface area contributed by atoms with Crippen LogP contribution in [0.2, 0.25) is 0 Å². The number of nitrogens with one attached hydrogen (secondary N) is 1. The quantitative estimate of drug-likeness (QED) is 0.903. The molecule has 0 bridgehead atoms. The predicted molar refractivity (Wildman–Crippen MR) is 92.3 cm³/mol. The van der Waals surface area contributed by atoms with Gasteiger partial charge in [0.15, 0.2) is 0 Å². The summed E-state index contributed by atoms with van der Waals surface area (Å²) in [6, 6.07) is 7.61. The van der Waals surface area contributed by atoms with E-state index in [9.17, 15) is 12.8 Å². The molecule has 4 nitrogen and oxygen atoms in total. The molecule has 1 aromatic heterocycles. The fraction of sp³-hybridized carbons (Fsp3) is 0.375. The number of sulfonamides is 1. The number of hydrogen-bond donors (Lipinski definition) is 1. The van der Waals surface area contributed by atoms with Gasteiger partial charge < -0.3 is 4.90 Å². The highest BCUT2D eigenvalue weighted by atomic mass is 32.2. The molecule has 1 fully saturated rings. The molecule has 1 aliphatic rings. The van der Waals surface area contributed by atoms with Crippen LogP contribution < -0.4 is 9.62 Å². The van der Waals surface area contributed by atoms with E-state index in [1.807, 2.05) is 6.92 Å². The molecule has 0 spiro atoms. The van der Waals surface area contributed by atoms with E-state index in [2.05, 4.69) is 9.62 Å². The van der Waals surface area contributed by atoms with Gasteiger partial charge in [-0.1, -0.05) is 0 Å². The SMILES string of the molecule is Cc1ccc(S(=O)(=O)Nc2cc(F)ccc2N2CCCCC2)s1. The molecule has 1 N–H and O–H groups in total. The van der Waals surface area contributed by atoms with Gasteiger partial charge in [0.2, 0.25) is 0 Å². The Hall–Kier alpha value is -1.60. The zero-order chi connectivity index (χ0) is 16.4. The summed E-state index contributed by atoms with van der Waals surface area (Å²) in [7, 11) is -3.70. The molecule has 2 heterocycles.